The van der Waals surface area contributed by atoms with Gasteiger partial charge in [-0.15, -0.1) is 0 Å². The first-order valence-electron chi connectivity index (χ1n) is 10.0. The lowest BCUT2D eigenvalue weighted by molar-refractivity contribution is -0.137. The standard InChI is InChI=1S/C20H29N3O6/c24-17(11-13-23-18(25)9-10-19(23)26)21-12-6-14-28-15-22-20(27)29-16-7-4-2-1-3-5-8-16/h1-2,9-10,16H,3-8,11-15H2,(H,21,24)(H,22,27)/b2-1+. The highest BCUT2D eigenvalue weighted by Crippen LogP contribution is 2.15. The molecule has 0 radical (unpaired) electrons. The van der Waals surface area contributed by atoms with Gasteiger partial charge >= 0.3 is 6.09 Å². The summed E-state index contributed by atoms with van der Waals surface area (Å²) in [6.07, 6.45) is 11.4. The van der Waals surface area contributed by atoms with Crippen LogP contribution in [0.3, 0.4) is 0 Å². The van der Waals surface area contributed by atoms with Crippen LogP contribution in [0.5, 0.6) is 0 Å². The van der Waals surface area contributed by atoms with E-state index in [0.29, 0.717) is 19.6 Å². The summed E-state index contributed by atoms with van der Waals surface area (Å²) in [7, 11) is 0. The van der Waals surface area contributed by atoms with Crippen LogP contribution in [0.25, 0.3) is 0 Å². The predicted octanol–water partition coefficient (Wildman–Crippen LogP) is 1.40. The average Bonchev–Trinajstić information content (AvgIpc) is 2.99. The second-order valence-corrected chi connectivity index (χ2v) is 6.85. The first kappa shape index (κ1) is 22.6. The molecule has 0 aromatic heterocycles. The molecule has 0 bridgehead atoms. The van der Waals surface area contributed by atoms with E-state index in [4.69, 9.17) is 9.47 Å². The SMILES string of the molecule is O=C(CCN1C(=O)C=CC1=O)NCCCOCNC(=O)OC1CC/C=C/CCC1. The van der Waals surface area contributed by atoms with Gasteiger partial charge in [0.2, 0.25) is 5.91 Å². The van der Waals surface area contributed by atoms with Crippen LogP contribution in [0.15, 0.2) is 24.3 Å². The molecule has 0 saturated heterocycles. The van der Waals surface area contributed by atoms with Crippen molar-refractivity contribution in [3.63, 3.8) is 0 Å². The zero-order valence-electron chi connectivity index (χ0n) is 16.6. The van der Waals surface area contributed by atoms with Crippen molar-refractivity contribution in [1.82, 2.24) is 15.5 Å². The number of allylic oxidation sites excluding steroid dienone is 2. The van der Waals surface area contributed by atoms with Crippen molar-refractivity contribution in [1.29, 1.82) is 0 Å². The van der Waals surface area contributed by atoms with Crippen molar-refractivity contribution < 1.29 is 28.7 Å². The summed E-state index contributed by atoms with van der Waals surface area (Å²) in [6.45, 7) is 0.878. The molecule has 4 amide bonds. The minimum absolute atomic E-state index is 0.0472. The zero-order chi connectivity index (χ0) is 20.9. The average molecular weight is 407 g/mol. The molecule has 2 rings (SSSR count). The van der Waals surface area contributed by atoms with Crippen LogP contribution in [0.1, 0.15) is 44.9 Å². The Kier molecular flexibility index (Phi) is 9.91. The van der Waals surface area contributed by atoms with E-state index < -0.39 is 17.9 Å². The Morgan fingerprint density at radius 2 is 1.83 bits per heavy atom. The van der Waals surface area contributed by atoms with E-state index in [1.54, 1.807) is 0 Å². The maximum atomic E-state index is 11.8. The molecule has 160 valence electrons. The molecule has 9 nitrogen and oxygen atoms in total. The summed E-state index contributed by atoms with van der Waals surface area (Å²) in [4.78, 5) is 47.3. The number of alkyl carbamates (subject to hydrolysis) is 1. The summed E-state index contributed by atoms with van der Waals surface area (Å²) >= 11 is 0. The van der Waals surface area contributed by atoms with Gasteiger partial charge in [0.05, 0.1) is 6.61 Å². The van der Waals surface area contributed by atoms with E-state index in [9.17, 15) is 19.2 Å². The van der Waals surface area contributed by atoms with Crippen molar-refractivity contribution in [3.05, 3.63) is 24.3 Å². The van der Waals surface area contributed by atoms with E-state index >= 15 is 0 Å². The minimum atomic E-state index is -0.478. The first-order valence-corrected chi connectivity index (χ1v) is 10.0. The summed E-state index contributed by atoms with van der Waals surface area (Å²) in [5, 5.41) is 5.26. The second-order valence-electron chi connectivity index (χ2n) is 6.85. The minimum Gasteiger partial charge on any atom is -0.446 e. The monoisotopic (exact) mass is 407 g/mol. The van der Waals surface area contributed by atoms with Gasteiger partial charge in [0, 0.05) is 31.7 Å². The quantitative estimate of drug-likeness (QED) is 0.245. The number of hydrogen-bond donors (Lipinski definition) is 2. The molecule has 9 heteroatoms. The van der Waals surface area contributed by atoms with E-state index in [-0.39, 0.29) is 31.7 Å². The Balaban J connectivity index is 1.43. The van der Waals surface area contributed by atoms with Crippen LogP contribution in [-0.4, -0.2) is 61.2 Å². The molecule has 0 spiro atoms. The zero-order valence-corrected chi connectivity index (χ0v) is 16.6. The lowest BCUT2D eigenvalue weighted by Gasteiger charge is -2.18. The fourth-order valence-electron chi connectivity index (χ4n) is 2.97. The van der Waals surface area contributed by atoms with Gasteiger partial charge in [0.1, 0.15) is 12.8 Å². The van der Waals surface area contributed by atoms with Gasteiger partial charge in [-0.2, -0.15) is 0 Å². The van der Waals surface area contributed by atoms with Gasteiger partial charge in [0.15, 0.2) is 0 Å². The summed E-state index contributed by atoms with van der Waals surface area (Å²) in [5.41, 5.74) is 0. The lowest BCUT2D eigenvalue weighted by atomic mass is 10.0. The topological polar surface area (TPSA) is 114 Å². The molecule has 1 atom stereocenters. The molecule has 2 aliphatic rings. The Labute approximate surface area is 170 Å². The Morgan fingerprint density at radius 1 is 1.07 bits per heavy atom. The lowest BCUT2D eigenvalue weighted by Crippen LogP contribution is -2.35. The van der Waals surface area contributed by atoms with Crippen LogP contribution in [0.2, 0.25) is 0 Å². The molecular weight excluding hydrogens is 378 g/mol. The van der Waals surface area contributed by atoms with E-state index in [0.717, 1.165) is 37.0 Å². The van der Waals surface area contributed by atoms with Gasteiger partial charge < -0.3 is 14.8 Å². The summed E-state index contributed by atoms with van der Waals surface area (Å²) < 4.78 is 10.7. The first-order chi connectivity index (χ1) is 14.1. The van der Waals surface area contributed by atoms with Gasteiger partial charge in [-0.1, -0.05) is 12.2 Å². The molecule has 0 saturated carbocycles. The van der Waals surface area contributed by atoms with E-state index in [1.807, 2.05) is 0 Å². The van der Waals surface area contributed by atoms with Crippen LogP contribution in [0, 0.1) is 0 Å². The highest BCUT2D eigenvalue weighted by Gasteiger charge is 2.23. The number of nitrogens with one attached hydrogen (secondary N) is 2. The van der Waals surface area contributed by atoms with Crippen LogP contribution >= 0.6 is 0 Å². The van der Waals surface area contributed by atoms with Crippen LogP contribution in [-0.2, 0) is 23.9 Å². The number of hydrogen-bond acceptors (Lipinski definition) is 6. The number of carbonyl (C=O) groups excluding carboxylic acids is 4. The Morgan fingerprint density at radius 3 is 2.62 bits per heavy atom. The summed E-state index contributed by atoms with van der Waals surface area (Å²) in [5.74, 6) is -1.03. The molecule has 29 heavy (non-hydrogen) atoms. The maximum absolute atomic E-state index is 11.8. The van der Waals surface area contributed by atoms with E-state index in [2.05, 4.69) is 22.8 Å². The molecule has 0 aromatic rings. The molecule has 1 heterocycles. The third-order valence-corrected chi connectivity index (χ3v) is 4.56. The van der Waals surface area contributed by atoms with Crippen molar-refractivity contribution in [2.75, 3.05) is 26.4 Å². The normalized spacial score (nSPS) is 20.1. The molecule has 1 aliphatic carbocycles. The fraction of sp³-hybridized carbons (Fsp3) is 0.600. The Hall–Kier alpha value is -2.68. The largest absolute Gasteiger partial charge is 0.446 e. The molecule has 1 aliphatic heterocycles. The van der Waals surface area contributed by atoms with Crippen LogP contribution < -0.4 is 10.6 Å². The number of nitrogens with zero attached hydrogens (tertiary/aromatic N) is 1. The van der Waals surface area contributed by atoms with Crippen molar-refractivity contribution in [2.45, 2.75) is 51.0 Å². The molecule has 0 aromatic carbocycles. The fourth-order valence-corrected chi connectivity index (χ4v) is 2.97. The predicted molar refractivity (Wildman–Crippen MR) is 105 cm³/mol. The van der Waals surface area contributed by atoms with Crippen molar-refractivity contribution >= 4 is 23.8 Å². The molecule has 1 unspecified atom stereocenters. The highest BCUT2D eigenvalue weighted by atomic mass is 16.6. The van der Waals surface area contributed by atoms with Gasteiger partial charge in [0.25, 0.3) is 11.8 Å². The summed E-state index contributed by atoms with van der Waals surface area (Å²) in [6, 6.07) is 0. The van der Waals surface area contributed by atoms with E-state index in [1.165, 1.54) is 12.2 Å². The number of amides is 4. The highest BCUT2D eigenvalue weighted by molar-refractivity contribution is 6.13. The van der Waals surface area contributed by atoms with Gasteiger partial charge in [-0.3, -0.25) is 24.6 Å². The number of ether oxygens (including phenoxy) is 2. The Bertz CT molecular complexity index is 628. The number of carbonyl (C=O) groups is 4. The molecular formula is C20H29N3O6. The van der Waals surface area contributed by atoms with Gasteiger partial charge in [-0.05, 0) is 38.5 Å². The molecule has 0 fully saturated rings. The number of imide groups is 1. The van der Waals surface area contributed by atoms with Gasteiger partial charge in [-0.25, -0.2) is 4.79 Å². The smallest absolute Gasteiger partial charge is 0.409 e. The van der Waals surface area contributed by atoms with Crippen LogP contribution in [0.4, 0.5) is 4.79 Å². The number of rotatable bonds is 10. The third kappa shape index (κ3) is 8.91. The van der Waals surface area contributed by atoms with Crippen molar-refractivity contribution in [2.24, 2.45) is 0 Å². The third-order valence-electron chi connectivity index (χ3n) is 4.56. The second kappa shape index (κ2) is 12.7. The molecule has 2 N–H and O–H groups in total. The van der Waals surface area contributed by atoms with Crippen molar-refractivity contribution in [3.8, 4) is 0 Å². The maximum Gasteiger partial charge on any atom is 0.409 e.